The highest BCUT2D eigenvalue weighted by atomic mass is 19.1. The van der Waals surface area contributed by atoms with Crippen LogP contribution in [0.15, 0.2) is 42.5 Å². The summed E-state index contributed by atoms with van der Waals surface area (Å²) in [4.78, 5) is 26.9. The minimum Gasteiger partial charge on any atom is -0.335 e. The van der Waals surface area contributed by atoms with Gasteiger partial charge < -0.3 is 15.5 Å². The van der Waals surface area contributed by atoms with E-state index in [0.717, 1.165) is 17.7 Å². The summed E-state index contributed by atoms with van der Waals surface area (Å²) in [6, 6.07) is 13.1. The van der Waals surface area contributed by atoms with E-state index in [2.05, 4.69) is 10.6 Å². The van der Waals surface area contributed by atoms with Crippen LogP contribution < -0.4 is 10.6 Å². The highest BCUT2D eigenvalue weighted by molar-refractivity contribution is 5.97. The zero-order chi connectivity index (χ0) is 19.7. The molecule has 0 bridgehead atoms. The normalized spacial score (nSPS) is 20.0. The molecule has 2 aromatic rings. The molecule has 5 nitrogen and oxygen atoms in total. The molecule has 2 atom stereocenters. The number of benzene rings is 2. The Balaban J connectivity index is 1.46. The smallest absolute Gasteiger partial charge is 0.229 e. The molecule has 0 spiro atoms. The number of rotatable bonds is 4. The van der Waals surface area contributed by atoms with Crippen molar-refractivity contribution in [3.63, 3.8) is 0 Å². The first-order valence-corrected chi connectivity index (χ1v) is 9.71. The Morgan fingerprint density at radius 1 is 1.25 bits per heavy atom. The molecule has 2 N–H and O–H groups in total. The molecule has 0 saturated carbocycles. The summed E-state index contributed by atoms with van der Waals surface area (Å²) in [5.74, 6) is -1.18. The number of carbonyl (C=O) groups excluding carboxylic acids is 2. The van der Waals surface area contributed by atoms with E-state index in [-0.39, 0.29) is 35.8 Å². The summed E-state index contributed by atoms with van der Waals surface area (Å²) in [5, 5.41) is 5.92. The van der Waals surface area contributed by atoms with E-state index in [4.69, 9.17) is 0 Å². The molecule has 28 heavy (non-hydrogen) atoms. The van der Waals surface area contributed by atoms with Crippen molar-refractivity contribution in [2.75, 3.05) is 18.4 Å². The molecule has 0 radical (unpaired) electrons. The average molecular weight is 381 g/mol. The van der Waals surface area contributed by atoms with Gasteiger partial charge in [-0.25, -0.2) is 4.39 Å². The Morgan fingerprint density at radius 2 is 2.04 bits per heavy atom. The van der Waals surface area contributed by atoms with Crippen LogP contribution in [-0.2, 0) is 22.6 Å². The Labute approximate surface area is 163 Å². The lowest BCUT2D eigenvalue weighted by atomic mass is 9.99. The number of fused-ring (bicyclic) bond motifs is 1. The summed E-state index contributed by atoms with van der Waals surface area (Å²) in [6.45, 7) is 3.68. The monoisotopic (exact) mass is 381 g/mol. The zero-order valence-corrected chi connectivity index (χ0v) is 15.9. The van der Waals surface area contributed by atoms with Gasteiger partial charge in [0.1, 0.15) is 5.82 Å². The van der Waals surface area contributed by atoms with E-state index < -0.39 is 5.92 Å². The molecule has 2 aliphatic rings. The average Bonchev–Trinajstić information content (AvgIpc) is 3.12. The first kappa shape index (κ1) is 18.6. The first-order chi connectivity index (χ1) is 13.5. The summed E-state index contributed by atoms with van der Waals surface area (Å²) < 4.78 is 14.8. The molecule has 2 aromatic carbocycles. The lowest BCUT2D eigenvalue weighted by molar-refractivity contribution is -0.129. The number of hydrogen-bond acceptors (Lipinski definition) is 3. The molecule has 0 aliphatic carbocycles. The molecule has 1 fully saturated rings. The minimum atomic E-state index is -0.476. The summed E-state index contributed by atoms with van der Waals surface area (Å²) in [6.07, 6.45) is 0.759. The van der Waals surface area contributed by atoms with Gasteiger partial charge in [-0.2, -0.15) is 0 Å². The third-order valence-electron chi connectivity index (χ3n) is 5.74. The molecular formula is C22H24FN3O2. The Kier molecular flexibility index (Phi) is 5.13. The molecule has 0 aromatic heterocycles. The maximum atomic E-state index is 14.8. The predicted molar refractivity (Wildman–Crippen MR) is 105 cm³/mol. The number of anilines is 1. The van der Waals surface area contributed by atoms with E-state index in [9.17, 15) is 14.0 Å². The fourth-order valence-corrected chi connectivity index (χ4v) is 4.06. The van der Waals surface area contributed by atoms with Gasteiger partial charge in [0.15, 0.2) is 0 Å². The third kappa shape index (κ3) is 3.52. The molecule has 146 valence electrons. The van der Waals surface area contributed by atoms with Crippen LogP contribution in [0.5, 0.6) is 0 Å². The van der Waals surface area contributed by atoms with Crippen LogP contribution in [0.4, 0.5) is 10.1 Å². The Hall–Kier alpha value is -2.73. The van der Waals surface area contributed by atoms with Gasteiger partial charge in [-0.1, -0.05) is 36.4 Å². The fourth-order valence-electron chi connectivity index (χ4n) is 4.06. The van der Waals surface area contributed by atoms with Crippen LogP contribution >= 0.6 is 0 Å². The van der Waals surface area contributed by atoms with Crippen LogP contribution in [0.25, 0.3) is 0 Å². The van der Waals surface area contributed by atoms with E-state index >= 15 is 0 Å². The lowest BCUT2D eigenvalue weighted by Crippen LogP contribution is -2.31. The van der Waals surface area contributed by atoms with Gasteiger partial charge in [0, 0.05) is 19.5 Å². The minimum absolute atomic E-state index is 0.0477. The van der Waals surface area contributed by atoms with E-state index in [1.807, 2.05) is 43.3 Å². The number of halogens is 1. The van der Waals surface area contributed by atoms with E-state index in [1.165, 1.54) is 0 Å². The van der Waals surface area contributed by atoms with E-state index in [1.54, 1.807) is 11.0 Å². The van der Waals surface area contributed by atoms with Gasteiger partial charge in [-0.15, -0.1) is 0 Å². The van der Waals surface area contributed by atoms with Gasteiger partial charge in [-0.3, -0.25) is 9.59 Å². The second-order valence-corrected chi connectivity index (χ2v) is 7.51. The Bertz CT molecular complexity index is 900. The number of amides is 2. The van der Waals surface area contributed by atoms with Gasteiger partial charge in [0.2, 0.25) is 11.8 Å². The SMILES string of the molecule is CC(c1ccccc1)N1CC(C(=O)Nc2ccc3c(c2F)CCNC3)CC1=O. The quantitative estimate of drug-likeness (QED) is 0.856. The summed E-state index contributed by atoms with van der Waals surface area (Å²) >= 11 is 0. The number of carbonyl (C=O) groups is 2. The molecule has 2 unspecified atom stereocenters. The first-order valence-electron chi connectivity index (χ1n) is 9.71. The molecule has 4 rings (SSSR count). The highest BCUT2D eigenvalue weighted by Gasteiger charge is 2.37. The van der Waals surface area contributed by atoms with Crippen molar-refractivity contribution in [1.82, 2.24) is 10.2 Å². The van der Waals surface area contributed by atoms with Crippen LogP contribution in [0, 0.1) is 11.7 Å². The van der Waals surface area contributed by atoms with E-state index in [0.29, 0.717) is 25.1 Å². The largest absolute Gasteiger partial charge is 0.335 e. The lowest BCUT2D eigenvalue weighted by Gasteiger charge is -2.25. The van der Waals surface area contributed by atoms with Crippen LogP contribution in [0.2, 0.25) is 0 Å². The highest BCUT2D eigenvalue weighted by Crippen LogP contribution is 2.30. The van der Waals surface area contributed by atoms with Crippen LogP contribution in [0.3, 0.4) is 0 Å². The molecule has 2 aliphatic heterocycles. The molecule has 2 heterocycles. The fraction of sp³-hybridized carbons (Fsp3) is 0.364. The maximum absolute atomic E-state index is 14.8. The maximum Gasteiger partial charge on any atom is 0.229 e. The summed E-state index contributed by atoms with van der Waals surface area (Å²) in [7, 11) is 0. The molecule has 2 amide bonds. The van der Waals surface area contributed by atoms with Crippen LogP contribution in [0.1, 0.15) is 36.1 Å². The Morgan fingerprint density at radius 3 is 2.82 bits per heavy atom. The van der Waals surface area contributed by atoms with Crippen molar-refractivity contribution in [3.8, 4) is 0 Å². The molecule has 6 heteroatoms. The standard InChI is InChI=1S/C22H24FN3O2/c1-14(15-5-3-2-4-6-15)26-13-17(11-20(26)27)22(28)25-19-8-7-16-12-24-10-9-18(16)21(19)23/h2-8,14,17,24H,9-13H2,1H3,(H,25,28). The second kappa shape index (κ2) is 7.72. The number of hydrogen-bond donors (Lipinski definition) is 2. The van der Waals surface area contributed by atoms with Gasteiger partial charge in [0.25, 0.3) is 0 Å². The molecule has 1 saturated heterocycles. The zero-order valence-electron chi connectivity index (χ0n) is 15.9. The number of nitrogens with one attached hydrogen (secondary N) is 2. The predicted octanol–water partition coefficient (Wildman–Crippen LogP) is 3.02. The van der Waals surface area contributed by atoms with Crippen molar-refractivity contribution in [2.24, 2.45) is 5.92 Å². The van der Waals surface area contributed by atoms with Gasteiger partial charge in [-0.05, 0) is 42.6 Å². The molecular weight excluding hydrogens is 357 g/mol. The van der Waals surface area contributed by atoms with Crippen molar-refractivity contribution in [1.29, 1.82) is 0 Å². The van der Waals surface area contributed by atoms with Crippen molar-refractivity contribution in [3.05, 3.63) is 65.0 Å². The third-order valence-corrected chi connectivity index (χ3v) is 5.74. The second-order valence-electron chi connectivity index (χ2n) is 7.51. The van der Waals surface area contributed by atoms with Crippen molar-refractivity contribution in [2.45, 2.75) is 32.4 Å². The summed E-state index contributed by atoms with van der Waals surface area (Å²) in [5.41, 5.74) is 2.83. The van der Waals surface area contributed by atoms with Gasteiger partial charge in [0.05, 0.1) is 17.6 Å². The van der Waals surface area contributed by atoms with Crippen molar-refractivity contribution >= 4 is 17.5 Å². The number of nitrogens with zero attached hydrogens (tertiary/aromatic N) is 1. The van der Waals surface area contributed by atoms with Crippen molar-refractivity contribution < 1.29 is 14.0 Å². The topological polar surface area (TPSA) is 61.4 Å². The van der Waals surface area contributed by atoms with Gasteiger partial charge >= 0.3 is 0 Å². The van der Waals surface area contributed by atoms with Crippen LogP contribution in [-0.4, -0.2) is 29.8 Å². The number of likely N-dealkylation sites (tertiary alicyclic amines) is 1.